The van der Waals surface area contributed by atoms with E-state index in [2.05, 4.69) is 4.98 Å². The molecule has 7 heteroatoms. The predicted molar refractivity (Wildman–Crippen MR) is 121 cm³/mol. The summed E-state index contributed by atoms with van der Waals surface area (Å²) in [6.45, 7) is 4.49. The molecular formula is C24H25N3O3S. The summed E-state index contributed by atoms with van der Waals surface area (Å²) in [6, 6.07) is 17.5. The molecule has 0 bridgehead atoms. The third-order valence-corrected chi connectivity index (χ3v) is 6.38. The van der Waals surface area contributed by atoms with Gasteiger partial charge in [-0.2, -0.15) is 0 Å². The quantitative estimate of drug-likeness (QED) is 0.592. The van der Waals surface area contributed by atoms with Gasteiger partial charge < -0.3 is 14.5 Å². The molecule has 0 spiro atoms. The van der Waals surface area contributed by atoms with Crippen LogP contribution in [0.5, 0.6) is 5.75 Å². The molecule has 1 aromatic carbocycles. The van der Waals surface area contributed by atoms with Crippen molar-refractivity contribution < 1.29 is 14.3 Å². The minimum absolute atomic E-state index is 0.0348. The van der Waals surface area contributed by atoms with E-state index in [-0.39, 0.29) is 18.2 Å². The van der Waals surface area contributed by atoms with E-state index >= 15 is 0 Å². The average Bonchev–Trinajstić information content (AvgIpc) is 3.24. The van der Waals surface area contributed by atoms with E-state index < -0.39 is 0 Å². The predicted octanol–water partition coefficient (Wildman–Crippen LogP) is 3.74. The van der Waals surface area contributed by atoms with Gasteiger partial charge in [0, 0.05) is 42.9 Å². The molecule has 0 saturated carbocycles. The first kappa shape index (κ1) is 21.1. The van der Waals surface area contributed by atoms with E-state index in [0.29, 0.717) is 43.4 Å². The summed E-state index contributed by atoms with van der Waals surface area (Å²) in [5.41, 5.74) is 1.83. The van der Waals surface area contributed by atoms with Crippen molar-refractivity contribution in [2.75, 3.05) is 32.8 Å². The standard InChI is InChI=1S/C24H25N3O3S/c1-2-30-20-17-21(18-8-4-3-5-9-18)31-23(20)24(29)27-14-12-26(13-15-27)22(28)16-19-10-6-7-11-25-19/h3-11,17H,2,12-16H2,1H3. The summed E-state index contributed by atoms with van der Waals surface area (Å²) < 4.78 is 5.77. The van der Waals surface area contributed by atoms with Crippen molar-refractivity contribution >= 4 is 23.2 Å². The van der Waals surface area contributed by atoms with Crippen molar-refractivity contribution in [2.24, 2.45) is 0 Å². The molecule has 2 aromatic heterocycles. The van der Waals surface area contributed by atoms with Crippen LogP contribution < -0.4 is 4.74 Å². The zero-order chi connectivity index (χ0) is 21.6. The number of piperazine rings is 1. The van der Waals surface area contributed by atoms with E-state index in [0.717, 1.165) is 16.1 Å². The number of amides is 2. The number of ether oxygens (including phenoxy) is 1. The molecule has 1 saturated heterocycles. The minimum atomic E-state index is -0.0348. The molecule has 3 heterocycles. The van der Waals surface area contributed by atoms with E-state index in [1.807, 2.05) is 71.3 Å². The van der Waals surface area contributed by atoms with Crippen molar-refractivity contribution in [3.8, 4) is 16.2 Å². The fourth-order valence-electron chi connectivity index (χ4n) is 3.60. The highest BCUT2D eigenvalue weighted by Crippen LogP contribution is 2.37. The van der Waals surface area contributed by atoms with E-state index in [1.165, 1.54) is 11.3 Å². The van der Waals surface area contributed by atoms with Crippen LogP contribution in [-0.4, -0.2) is 59.4 Å². The Balaban J connectivity index is 1.42. The number of benzene rings is 1. The smallest absolute Gasteiger partial charge is 0.267 e. The van der Waals surface area contributed by atoms with Gasteiger partial charge in [0.25, 0.3) is 5.91 Å². The molecule has 0 N–H and O–H groups in total. The molecule has 6 nitrogen and oxygen atoms in total. The van der Waals surface area contributed by atoms with Crippen molar-refractivity contribution in [2.45, 2.75) is 13.3 Å². The maximum Gasteiger partial charge on any atom is 0.267 e. The topological polar surface area (TPSA) is 62.7 Å². The zero-order valence-corrected chi connectivity index (χ0v) is 18.3. The van der Waals surface area contributed by atoms with Gasteiger partial charge in [-0.1, -0.05) is 36.4 Å². The SMILES string of the molecule is CCOc1cc(-c2ccccc2)sc1C(=O)N1CCN(C(=O)Cc2ccccn2)CC1. The number of carbonyl (C=O) groups excluding carboxylic acids is 2. The Morgan fingerprint density at radius 3 is 2.39 bits per heavy atom. The van der Waals surface area contributed by atoms with E-state index in [9.17, 15) is 9.59 Å². The van der Waals surface area contributed by atoms with Crippen LogP contribution in [0.1, 0.15) is 22.3 Å². The number of rotatable bonds is 6. The van der Waals surface area contributed by atoms with Crippen molar-refractivity contribution in [1.29, 1.82) is 0 Å². The van der Waals surface area contributed by atoms with Crippen LogP contribution in [0.2, 0.25) is 0 Å². The molecule has 31 heavy (non-hydrogen) atoms. The minimum Gasteiger partial charge on any atom is -0.492 e. The second-order valence-corrected chi connectivity index (χ2v) is 8.33. The Bertz CT molecular complexity index is 1030. The van der Waals surface area contributed by atoms with Gasteiger partial charge in [0.15, 0.2) is 0 Å². The largest absolute Gasteiger partial charge is 0.492 e. The van der Waals surface area contributed by atoms with Crippen LogP contribution in [0.3, 0.4) is 0 Å². The van der Waals surface area contributed by atoms with Crippen LogP contribution in [0, 0.1) is 0 Å². The molecule has 0 radical (unpaired) electrons. The Hall–Kier alpha value is -3.19. The lowest BCUT2D eigenvalue weighted by molar-refractivity contribution is -0.132. The fraction of sp³-hybridized carbons (Fsp3) is 0.292. The highest BCUT2D eigenvalue weighted by Gasteiger charge is 2.28. The van der Waals surface area contributed by atoms with Crippen LogP contribution in [-0.2, 0) is 11.2 Å². The van der Waals surface area contributed by atoms with Gasteiger partial charge in [0.2, 0.25) is 5.91 Å². The number of aromatic nitrogens is 1. The molecule has 160 valence electrons. The van der Waals surface area contributed by atoms with Gasteiger partial charge in [-0.05, 0) is 30.7 Å². The maximum atomic E-state index is 13.3. The van der Waals surface area contributed by atoms with Gasteiger partial charge >= 0.3 is 0 Å². The summed E-state index contributed by atoms with van der Waals surface area (Å²) in [4.78, 5) is 35.3. The summed E-state index contributed by atoms with van der Waals surface area (Å²) in [7, 11) is 0. The van der Waals surface area contributed by atoms with E-state index in [4.69, 9.17) is 4.74 Å². The van der Waals surface area contributed by atoms with Gasteiger partial charge in [-0.25, -0.2) is 0 Å². The first-order valence-electron chi connectivity index (χ1n) is 10.4. The molecule has 0 aliphatic carbocycles. The normalized spacial score (nSPS) is 13.8. The fourth-order valence-corrected chi connectivity index (χ4v) is 4.68. The highest BCUT2D eigenvalue weighted by atomic mass is 32.1. The first-order chi connectivity index (χ1) is 15.2. The molecular weight excluding hydrogens is 410 g/mol. The molecule has 0 unspecified atom stereocenters. The van der Waals surface area contributed by atoms with Crippen LogP contribution >= 0.6 is 11.3 Å². The Morgan fingerprint density at radius 1 is 1.00 bits per heavy atom. The van der Waals surface area contributed by atoms with Crippen LogP contribution in [0.4, 0.5) is 0 Å². The monoisotopic (exact) mass is 435 g/mol. The number of carbonyl (C=O) groups is 2. The lowest BCUT2D eigenvalue weighted by Crippen LogP contribution is -2.50. The van der Waals surface area contributed by atoms with Gasteiger partial charge in [0.05, 0.1) is 13.0 Å². The number of pyridine rings is 1. The molecule has 1 fully saturated rings. The van der Waals surface area contributed by atoms with Gasteiger partial charge in [-0.3, -0.25) is 14.6 Å². The van der Waals surface area contributed by atoms with Crippen molar-refractivity contribution in [3.63, 3.8) is 0 Å². The molecule has 1 aliphatic heterocycles. The summed E-state index contributed by atoms with van der Waals surface area (Å²) in [6.07, 6.45) is 1.98. The second-order valence-electron chi connectivity index (χ2n) is 7.27. The highest BCUT2D eigenvalue weighted by molar-refractivity contribution is 7.17. The van der Waals surface area contributed by atoms with Crippen LogP contribution in [0.15, 0.2) is 60.8 Å². The molecule has 4 rings (SSSR count). The lowest BCUT2D eigenvalue weighted by Gasteiger charge is -2.34. The first-order valence-corrected chi connectivity index (χ1v) is 11.3. The summed E-state index contributed by atoms with van der Waals surface area (Å²) in [5, 5.41) is 0. The second kappa shape index (κ2) is 9.75. The Kier molecular flexibility index (Phi) is 6.62. The Morgan fingerprint density at radius 2 is 1.71 bits per heavy atom. The van der Waals surface area contributed by atoms with Crippen molar-refractivity contribution in [1.82, 2.24) is 14.8 Å². The number of hydrogen-bond acceptors (Lipinski definition) is 5. The van der Waals surface area contributed by atoms with Crippen LogP contribution in [0.25, 0.3) is 10.4 Å². The number of nitrogens with zero attached hydrogens (tertiary/aromatic N) is 3. The molecule has 0 atom stereocenters. The lowest BCUT2D eigenvalue weighted by atomic mass is 10.2. The number of thiophene rings is 1. The van der Waals surface area contributed by atoms with Gasteiger partial charge in [-0.15, -0.1) is 11.3 Å². The summed E-state index contributed by atoms with van der Waals surface area (Å²) >= 11 is 1.46. The summed E-state index contributed by atoms with van der Waals surface area (Å²) in [5.74, 6) is 0.640. The Labute approximate surface area is 186 Å². The average molecular weight is 436 g/mol. The van der Waals surface area contributed by atoms with Crippen molar-refractivity contribution in [3.05, 3.63) is 71.4 Å². The van der Waals surface area contributed by atoms with Gasteiger partial charge in [0.1, 0.15) is 10.6 Å². The zero-order valence-electron chi connectivity index (χ0n) is 17.5. The molecule has 1 aliphatic rings. The third kappa shape index (κ3) is 4.94. The molecule has 2 amide bonds. The number of hydrogen-bond donors (Lipinski definition) is 0. The van der Waals surface area contributed by atoms with E-state index in [1.54, 1.807) is 6.20 Å². The third-order valence-electron chi connectivity index (χ3n) is 5.23. The molecule has 3 aromatic rings. The maximum absolute atomic E-state index is 13.3.